The number of benzene rings is 1. The Morgan fingerprint density at radius 2 is 1.71 bits per heavy atom. The van der Waals surface area contributed by atoms with Crippen LogP contribution in [0.2, 0.25) is 0 Å². The summed E-state index contributed by atoms with van der Waals surface area (Å²) in [6.07, 6.45) is 0.818. The molecule has 1 aromatic heterocycles. The van der Waals surface area contributed by atoms with Crippen molar-refractivity contribution in [1.29, 1.82) is 0 Å². The first kappa shape index (κ1) is 17.1. The lowest BCUT2D eigenvalue weighted by atomic mass is 9.95. The van der Waals surface area contributed by atoms with Crippen LogP contribution in [0.1, 0.15) is 34.1 Å². The Labute approximate surface area is 136 Å². The van der Waals surface area contributed by atoms with Crippen molar-refractivity contribution in [2.24, 2.45) is 0 Å². The number of rotatable bonds is 6. The zero-order valence-corrected chi connectivity index (χ0v) is 12.8. The highest BCUT2D eigenvalue weighted by Gasteiger charge is 2.26. The zero-order valence-electron chi connectivity index (χ0n) is 12.8. The standard InChI is InChI=1S/C16H16N2O6/c1-2-7-24-9-5-3-8(4-6-9)10-11(15(20)21)13(17)18-14(19)12(10)16(22)23/h3-6H,2,7H2,1H3,(H,20,21)(H,22,23)(H3,17,18,19). The number of hydrogen-bond donors (Lipinski definition) is 4. The minimum absolute atomic E-state index is 0.238. The number of hydrogen-bond acceptors (Lipinski definition) is 5. The van der Waals surface area contributed by atoms with Crippen LogP contribution in [-0.2, 0) is 0 Å². The SMILES string of the molecule is CCCOc1ccc(-c2c(C(=O)O)c(N)[nH]c(=O)c2C(=O)O)cc1. The Morgan fingerprint density at radius 3 is 2.21 bits per heavy atom. The summed E-state index contributed by atoms with van der Waals surface area (Å²) >= 11 is 0. The Hall–Kier alpha value is -3.29. The van der Waals surface area contributed by atoms with Gasteiger partial charge in [-0.1, -0.05) is 19.1 Å². The maximum Gasteiger partial charge on any atom is 0.342 e. The Balaban J connectivity index is 2.69. The van der Waals surface area contributed by atoms with Crippen LogP contribution in [0.3, 0.4) is 0 Å². The van der Waals surface area contributed by atoms with E-state index in [1.54, 1.807) is 12.1 Å². The van der Waals surface area contributed by atoms with Crippen molar-refractivity contribution in [2.45, 2.75) is 13.3 Å². The van der Waals surface area contributed by atoms with Crippen molar-refractivity contribution in [3.05, 3.63) is 45.7 Å². The number of nitrogens with two attached hydrogens (primary N) is 1. The molecule has 0 saturated heterocycles. The largest absolute Gasteiger partial charge is 0.494 e. The van der Waals surface area contributed by atoms with Gasteiger partial charge in [0.15, 0.2) is 0 Å². The van der Waals surface area contributed by atoms with E-state index < -0.39 is 34.4 Å². The number of H-pyrrole nitrogens is 1. The molecule has 0 amide bonds. The number of ether oxygens (including phenoxy) is 1. The number of nitrogen functional groups attached to an aromatic ring is 1. The van der Waals surface area contributed by atoms with E-state index in [1.807, 2.05) is 6.92 Å². The van der Waals surface area contributed by atoms with Crippen LogP contribution in [0, 0.1) is 0 Å². The molecule has 0 aliphatic carbocycles. The third-order valence-corrected chi connectivity index (χ3v) is 3.29. The average molecular weight is 332 g/mol. The fourth-order valence-electron chi connectivity index (χ4n) is 2.27. The predicted octanol–water partition coefficient (Wildman–Crippen LogP) is 1.81. The summed E-state index contributed by atoms with van der Waals surface area (Å²) in [6.45, 7) is 2.46. The smallest absolute Gasteiger partial charge is 0.342 e. The first-order chi connectivity index (χ1) is 11.4. The summed E-state index contributed by atoms with van der Waals surface area (Å²) in [6, 6.07) is 6.11. The van der Waals surface area contributed by atoms with Gasteiger partial charge in [-0.15, -0.1) is 0 Å². The lowest BCUT2D eigenvalue weighted by Gasteiger charge is -2.12. The minimum Gasteiger partial charge on any atom is -0.494 e. The minimum atomic E-state index is -1.54. The number of nitrogens with one attached hydrogen (secondary N) is 1. The number of carboxylic acids is 2. The normalized spacial score (nSPS) is 10.4. The summed E-state index contributed by atoms with van der Waals surface area (Å²) in [5.74, 6) is -2.83. The Kier molecular flexibility index (Phi) is 4.88. The second-order valence-corrected chi connectivity index (χ2v) is 4.98. The third-order valence-electron chi connectivity index (χ3n) is 3.29. The van der Waals surface area contributed by atoms with Gasteiger partial charge in [0.05, 0.1) is 6.61 Å². The van der Waals surface area contributed by atoms with E-state index in [2.05, 4.69) is 4.98 Å². The van der Waals surface area contributed by atoms with E-state index in [0.717, 1.165) is 6.42 Å². The molecule has 126 valence electrons. The molecule has 0 spiro atoms. The number of pyridine rings is 1. The molecule has 0 saturated carbocycles. The van der Waals surface area contributed by atoms with Crippen LogP contribution in [-0.4, -0.2) is 33.7 Å². The molecular weight excluding hydrogens is 316 g/mol. The molecule has 1 heterocycles. The van der Waals surface area contributed by atoms with Crippen molar-refractivity contribution in [3.63, 3.8) is 0 Å². The van der Waals surface area contributed by atoms with E-state index in [1.165, 1.54) is 12.1 Å². The molecule has 8 heteroatoms. The Morgan fingerprint density at radius 1 is 1.12 bits per heavy atom. The van der Waals surface area contributed by atoms with Gasteiger partial charge in [0.2, 0.25) is 0 Å². The number of anilines is 1. The van der Waals surface area contributed by atoms with E-state index in [4.69, 9.17) is 10.5 Å². The quantitative estimate of drug-likeness (QED) is 0.631. The average Bonchev–Trinajstić information content (AvgIpc) is 2.51. The molecule has 5 N–H and O–H groups in total. The molecule has 0 aliphatic rings. The van der Waals surface area contributed by atoms with Crippen molar-refractivity contribution < 1.29 is 24.5 Å². The first-order valence-corrected chi connectivity index (χ1v) is 7.12. The highest BCUT2D eigenvalue weighted by atomic mass is 16.5. The molecule has 0 fully saturated rings. The molecule has 0 bridgehead atoms. The second-order valence-electron chi connectivity index (χ2n) is 4.98. The van der Waals surface area contributed by atoms with Gasteiger partial charge in [-0.2, -0.15) is 0 Å². The maximum absolute atomic E-state index is 11.9. The van der Waals surface area contributed by atoms with Crippen LogP contribution in [0.15, 0.2) is 29.1 Å². The highest BCUT2D eigenvalue weighted by molar-refractivity contribution is 6.07. The fraction of sp³-hybridized carbons (Fsp3) is 0.188. The molecule has 24 heavy (non-hydrogen) atoms. The first-order valence-electron chi connectivity index (χ1n) is 7.12. The van der Waals surface area contributed by atoms with E-state index in [9.17, 15) is 24.6 Å². The maximum atomic E-state index is 11.9. The molecule has 1 aromatic carbocycles. The van der Waals surface area contributed by atoms with E-state index >= 15 is 0 Å². The van der Waals surface area contributed by atoms with Crippen molar-refractivity contribution in [1.82, 2.24) is 4.98 Å². The van der Waals surface area contributed by atoms with Gasteiger partial charge in [-0.05, 0) is 24.1 Å². The molecular formula is C16H16N2O6. The van der Waals surface area contributed by atoms with Gasteiger partial charge in [0, 0.05) is 5.56 Å². The third kappa shape index (κ3) is 3.22. The molecule has 8 nitrogen and oxygen atoms in total. The van der Waals surface area contributed by atoms with Crippen LogP contribution >= 0.6 is 0 Å². The highest BCUT2D eigenvalue weighted by Crippen LogP contribution is 2.30. The number of carbonyl (C=O) groups is 2. The number of aromatic carboxylic acids is 2. The fourth-order valence-corrected chi connectivity index (χ4v) is 2.27. The molecule has 0 atom stereocenters. The molecule has 2 aromatic rings. The van der Waals surface area contributed by atoms with Crippen molar-refractivity contribution >= 4 is 17.8 Å². The molecule has 2 rings (SSSR count). The topological polar surface area (TPSA) is 143 Å². The van der Waals surface area contributed by atoms with Crippen LogP contribution in [0.4, 0.5) is 5.82 Å². The van der Waals surface area contributed by atoms with Crippen molar-refractivity contribution in [3.8, 4) is 16.9 Å². The van der Waals surface area contributed by atoms with Crippen LogP contribution in [0.5, 0.6) is 5.75 Å². The monoisotopic (exact) mass is 332 g/mol. The van der Waals surface area contributed by atoms with E-state index in [0.29, 0.717) is 12.4 Å². The van der Waals surface area contributed by atoms with Crippen LogP contribution in [0.25, 0.3) is 11.1 Å². The molecule has 0 unspecified atom stereocenters. The number of aromatic amines is 1. The predicted molar refractivity (Wildman–Crippen MR) is 86.6 cm³/mol. The number of carboxylic acid groups (broad SMARTS) is 2. The van der Waals surface area contributed by atoms with Gasteiger partial charge in [0.25, 0.3) is 5.56 Å². The summed E-state index contributed by atoms with van der Waals surface area (Å²) < 4.78 is 5.42. The molecule has 0 aliphatic heterocycles. The van der Waals surface area contributed by atoms with Crippen LogP contribution < -0.4 is 16.0 Å². The lowest BCUT2D eigenvalue weighted by Crippen LogP contribution is -2.24. The summed E-state index contributed by atoms with van der Waals surface area (Å²) in [7, 11) is 0. The summed E-state index contributed by atoms with van der Waals surface area (Å²) in [5, 5.41) is 18.7. The summed E-state index contributed by atoms with van der Waals surface area (Å²) in [5.41, 5.74) is 3.47. The van der Waals surface area contributed by atoms with Gasteiger partial charge in [0.1, 0.15) is 22.7 Å². The second kappa shape index (κ2) is 6.86. The van der Waals surface area contributed by atoms with E-state index in [-0.39, 0.29) is 11.1 Å². The zero-order chi connectivity index (χ0) is 17.9. The lowest BCUT2D eigenvalue weighted by molar-refractivity contribution is 0.0695. The van der Waals surface area contributed by atoms with Crippen molar-refractivity contribution in [2.75, 3.05) is 12.3 Å². The number of aromatic nitrogens is 1. The summed E-state index contributed by atoms with van der Waals surface area (Å²) in [4.78, 5) is 36.9. The van der Waals surface area contributed by atoms with Gasteiger partial charge in [-0.25, -0.2) is 9.59 Å². The molecule has 0 radical (unpaired) electrons. The van der Waals surface area contributed by atoms with Gasteiger partial charge in [-0.3, -0.25) is 4.79 Å². The van der Waals surface area contributed by atoms with Gasteiger partial charge >= 0.3 is 11.9 Å². The van der Waals surface area contributed by atoms with Gasteiger partial charge < -0.3 is 25.7 Å². The Bertz CT molecular complexity index is 839.